The van der Waals surface area contributed by atoms with Gasteiger partial charge in [0.1, 0.15) is 20.8 Å². The molecule has 2 amide bonds. The Labute approximate surface area is 200 Å². The Bertz CT molecular complexity index is 1040. The number of fused-ring (bicyclic) bond motifs is 6. The first kappa shape index (κ1) is 20.7. The lowest BCUT2D eigenvalue weighted by atomic mass is 9.84. The van der Waals surface area contributed by atoms with Crippen molar-refractivity contribution in [1.82, 2.24) is 0 Å². The Kier molecular flexibility index (Phi) is 4.42. The maximum absolute atomic E-state index is 13.5. The minimum Gasteiger partial charge on any atom is -0.274 e. The molecule has 0 radical (unpaired) electrons. The van der Waals surface area contributed by atoms with Gasteiger partial charge in [0, 0.05) is 4.88 Å². The summed E-state index contributed by atoms with van der Waals surface area (Å²) in [4.78, 5) is 25.3. The van der Waals surface area contributed by atoms with Crippen LogP contribution in [0.5, 0.6) is 0 Å². The Morgan fingerprint density at radius 2 is 1.48 bits per heavy atom. The SMILES string of the molecule is N#Cc1c(N2C(=O)[C@@H]3[C@@H](C2=O)[C@@]2(Cl)C(Cl)=C(Cl)[C@@]3(Cl)C2(Cl)Cl)sc2c1CCCC2. The molecule has 0 aromatic carbocycles. The second-order valence-corrected chi connectivity index (χ2v) is 12.0. The fourth-order valence-corrected chi connectivity index (χ4v) is 9.30. The van der Waals surface area contributed by atoms with Gasteiger partial charge in [-0.3, -0.25) is 9.59 Å². The Hall–Kier alpha value is -0.190. The second kappa shape index (κ2) is 6.19. The van der Waals surface area contributed by atoms with Crippen molar-refractivity contribution in [3.05, 3.63) is 26.1 Å². The number of hydrogen-bond donors (Lipinski definition) is 0. The number of aryl methyl sites for hydroxylation is 1. The number of imide groups is 1. The van der Waals surface area contributed by atoms with E-state index in [9.17, 15) is 14.9 Å². The third-order valence-electron chi connectivity index (χ3n) is 6.38. The first-order valence-corrected chi connectivity index (χ1v) is 11.9. The molecule has 5 rings (SSSR count). The minimum absolute atomic E-state index is 0.129. The van der Waals surface area contributed by atoms with E-state index in [1.807, 2.05) is 0 Å². The van der Waals surface area contributed by atoms with E-state index < -0.39 is 37.7 Å². The Morgan fingerprint density at radius 1 is 0.966 bits per heavy atom. The highest BCUT2D eigenvalue weighted by molar-refractivity contribution is 7.17. The van der Waals surface area contributed by atoms with Crippen LogP contribution in [0.4, 0.5) is 5.00 Å². The average molecular weight is 531 g/mol. The Morgan fingerprint density at radius 3 is 2.00 bits per heavy atom. The largest absolute Gasteiger partial charge is 0.274 e. The molecule has 0 unspecified atom stereocenters. The highest BCUT2D eigenvalue weighted by Crippen LogP contribution is 2.77. The summed E-state index contributed by atoms with van der Waals surface area (Å²) in [6.07, 6.45) is 3.50. The molecule has 4 nitrogen and oxygen atoms in total. The van der Waals surface area contributed by atoms with Crippen molar-refractivity contribution in [1.29, 1.82) is 5.26 Å². The molecule has 4 aliphatic rings. The van der Waals surface area contributed by atoms with Crippen molar-refractivity contribution < 1.29 is 9.59 Å². The van der Waals surface area contributed by atoms with Crippen LogP contribution in [0.25, 0.3) is 0 Å². The molecular weight excluding hydrogens is 521 g/mol. The van der Waals surface area contributed by atoms with Crippen LogP contribution >= 0.6 is 80.9 Å². The molecule has 2 bridgehead atoms. The number of allylic oxidation sites excluding steroid dienone is 2. The van der Waals surface area contributed by atoms with E-state index >= 15 is 0 Å². The van der Waals surface area contributed by atoms with Crippen LogP contribution < -0.4 is 4.90 Å². The van der Waals surface area contributed by atoms with Crippen molar-refractivity contribution in [2.45, 2.75) is 39.8 Å². The maximum atomic E-state index is 13.5. The normalized spacial score (nSPS) is 37.2. The van der Waals surface area contributed by atoms with Crippen LogP contribution in [0.1, 0.15) is 28.8 Å². The average Bonchev–Trinajstić information content (AvgIpc) is 3.25. The number of thiophene rings is 1. The fraction of sp³-hybridized carbons (Fsp3) is 0.500. The number of anilines is 1. The molecule has 29 heavy (non-hydrogen) atoms. The predicted octanol–water partition coefficient (Wildman–Crippen LogP) is 5.45. The van der Waals surface area contributed by atoms with Gasteiger partial charge < -0.3 is 0 Å². The molecule has 2 fully saturated rings. The fourth-order valence-electron chi connectivity index (χ4n) is 5.02. The van der Waals surface area contributed by atoms with Crippen molar-refractivity contribution in [2.75, 3.05) is 4.90 Å². The van der Waals surface area contributed by atoms with Crippen LogP contribution in [0.2, 0.25) is 0 Å². The molecule has 4 atom stereocenters. The van der Waals surface area contributed by atoms with Gasteiger partial charge in [0.25, 0.3) is 0 Å². The molecule has 0 spiro atoms. The number of carbonyl (C=O) groups excluding carboxylic acids is 2. The number of nitrogens with zero attached hydrogens (tertiary/aromatic N) is 2. The van der Waals surface area contributed by atoms with Gasteiger partial charge in [-0.25, -0.2) is 4.90 Å². The molecule has 11 heteroatoms. The number of amides is 2. The van der Waals surface area contributed by atoms with Crippen LogP contribution in [0.3, 0.4) is 0 Å². The molecule has 1 aromatic heterocycles. The lowest BCUT2D eigenvalue weighted by molar-refractivity contribution is -0.123. The van der Waals surface area contributed by atoms with Gasteiger partial charge in [0.05, 0.1) is 27.5 Å². The highest BCUT2D eigenvalue weighted by atomic mass is 35.5. The van der Waals surface area contributed by atoms with E-state index in [0.29, 0.717) is 10.6 Å². The monoisotopic (exact) mass is 528 g/mol. The zero-order valence-corrected chi connectivity index (χ0v) is 19.7. The molecule has 1 aliphatic heterocycles. The molecule has 1 aromatic rings. The third-order valence-corrected chi connectivity index (χ3v) is 11.9. The number of halogens is 6. The van der Waals surface area contributed by atoms with Crippen molar-refractivity contribution in [3.63, 3.8) is 0 Å². The quantitative estimate of drug-likeness (QED) is 0.358. The number of hydrogen-bond acceptors (Lipinski definition) is 4. The van der Waals surface area contributed by atoms with Gasteiger partial charge >= 0.3 is 0 Å². The topological polar surface area (TPSA) is 61.2 Å². The lowest BCUT2D eigenvalue weighted by Crippen LogP contribution is -2.50. The summed E-state index contributed by atoms with van der Waals surface area (Å²) in [7, 11) is 0. The summed E-state index contributed by atoms with van der Waals surface area (Å²) < 4.78 is -1.96. The summed E-state index contributed by atoms with van der Waals surface area (Å²) in [5, 5.41) is 9.79. The first-order chi connectivity index (χ1) is 13.5. The van der Waals surface area contributed by atoms with E-state index in [0.717, 1.165) is 41.0 Å². The third kappa shape index (κ3) is 2.06. The van der Waals surface area contributed by atoms with E-state index in [-0.39, 0.29) is 10.1 Å². The Balaban J connectivity index is 1.69. The highest BCUT2D eigenvalue weighted by Gasteiger charge is 2.87. The van der Waals surface area contributed by atoms with Crippen molar-refractivity contribution in [2.24, 2.45) is 11.8 Å². The van der Waals surface area contributed by atoms with Gasteiger partial charge in [-0.05, 0) is 31.2 Å². The van der Waals surface area contributed by atoms with E-state index in [1.165, 1.54) is 11.3 Å². The van der Waals surface area contributed by atoms with Gasteiger partial charge in [-0.15, -0.1) is 34.5 Å². The van der Waals surface area contributed by atoms with E-state index in [1.54, 1.807) is 0 Å². The first-order valence-electron chi connectivity index (χ1n) is 8.79. The zero-order valence-electron chi connectivity index (χ0n) is 14.4. The summed E-state index contributed by atoms with van der Waals surface area (Å²) in [5.41, 5.74) is 1.25. The summed E-state index contributed by atoms with van der Waals surface area (Å²) >= 11 is 40.4. The van der Waals surface area contributed by atoms with Crippen LogP contribution in [-0.2, 0) is 22.4 Å². The van der Waals surface area contributed by atoms with Gasteiger partial charge in [0.2, 0.25) is 11.8 Å². The minimum atomic E-state index is -1.96. The number of alkyl halides is 4. The van der Waals surface area contributed by atoms with Crippen LogP contribution in [0, 0.1) is 23.2 Å². The number of carbonyl (C=O) groups is 2. The van der Waals surface area contributed by atoms with Gasteiger partial charge in [0.15, 0.2) is 4.33 Å². The summed E-state index contributed by atoms with van der Waals surface area (Å²) in [6.45, 7) is 0. The molecule has 1 saturated heterocycles. The van der Waals surface area contributed by atoms with E-state index in [2.05, 4.69) is 6.07 Å². The predicted molar refractivity (Wildman–Crippen MR) is 115 cm³/mol. The van der Waals surface area contributed by atoms with Gasteiger partial charge in [-0.1, -0.05) is 46.4 Å². The van der Waals surface area contributed by atoms with Crippen molar-refractivity contribution in [3.8, 4) is 6.07 Å². The zero-order chi connectivity index (χ0) is 21.1. The molecule has 3 aliphatic carbocycles. The second-order valence-electron chi connectivity index (χ2n) is 7.60. The van der Waals surface area contributed by atoms with Crippen LogP contribution in [-0.4, -0.2) is 25.9 Å². The van der Waals surface area contributed by atoms with Crippen molar-refractivity contribution >= 4 is 97.8 Å². The summed E-state index contributed by atoms with van der Waals surface area (Å²) in [5.74, 6) is -3.63. The standard InChI is InChI=1S/C18H10Cl6N2O2S/c19-11-12(20)17(22)10-9(16(11,21)18(17,23)24)13(27)26(14(10)28)15-7(5-25)6-3-1-2-4-8(6)29-15/h9-10H,1-4H2/t9-,10-,16+,17+/m0/s1. The number of nitriles is 1. The molecule has 1 saturated carbocycles. The maximum Gasteiger partial charge on any atom is 0.240 e. The van der Waals surface area contributed by atoms with Gasteiger partial charge in [-0.2, -0.15) is 5.26 Å². The number of rotatable bonds is 1. The molecule has 0 N–H and O–H groups in total. The smallest absolute Gasteiger partial charge is 0.240 e. The lowest BCUT2D eigenvalue weighted by Gasteiger charge is -2.34. The molecular formula is C18H10Cl6N2O2S. The van der Waals surface area contributed by atoms with Crippen LogP contribution in [0.15, 0.2) is 10.1 Å². The van der Waals surface area contributed by atoms with E-state index in [4.69, 9.17) is 69.6 Å². The molecule has 152 valence electrons. The summed E-state index contributed by atoms with van der Waals surface area (Å²) in [6, 6.07) is 2.16. The molecule has 2 heterocycles.